The number of rotatable bonds is 10. The topological polar surface area (TPSA) is 69.5 Å². The van der Waals surface area contributed by atoms with Crippen LogP contribution in [0.3, 0.4) is 0 Å². The molecule has 0 aromatic carbocycles. The SMILES string of the molecule is C=C/C=C(\C(=C)OC)c1c(C(=O)N2CCCC(CO/C(C=C)=C(\C)C=C)C2)c2nccnc2n1C. The number of likely N-dealkylation sites (tertiary alicyclic amines) is 1. The summed E-state index contributed by atoms with van der Waals surface area (Å²) in [5, 5.41) is 0. The quantitative estimate of drug-likeness (QED) is 0.349. The zero-order valence-corrected chi connectivity index (χ0v) is 20.9. The maximum absolute atomic E-state index is 14.0. The van der Waals surface area contributed by atoms with Crippen molar-refractivity contribution >= 4 is 22.6 Å². The van der Waals surface area contributed by atoms with E-state index in [0.29, 0.717) is 59.2 Å². The van der Waals surface area contributed by atoms with Gasteiger partial charge < -0.3 is 18.9 Å². The number of nitrogens with zero attached hydrogens (tertiary/aromatic N) is 4. The van der Waals surface area contributed by atoms with Crippen LogP contribution in [0.5, 0.6) is 0 Å². The molecule has 2 aromatic heterocycles. The predicted molar refractivity (Wildman–Crippen MR) is 141 cm³/mol. The standard InChI is InChI=1S/C28H34N4O3/c1-8-12-22(20(5)34-7)26-24(25-27(31(26)6)30-15-14-29-25)28(33)32-16-11-13-21(17-32)18-35-23(10-3)19(4)9-2/h8-10,12,14-15,21H,1-3,5,11,13,16-18H2,4,6-7H3/b22-12+,23-19+. The average Bonchev–Trinajstić information content (AvgIpc) is 3.18. The van der Waals surface area contributed by atoms with Crippen LogP contribution in [0, 0.1) is 5.92 Å². The van der Waals surface area contributed by atoms with E-state index in [0.717, 1.165) is 18.4 Å². The number of fused-ring (bicyclic) bond motifs is 1. The summed E-state index contributed by atoms with van der Waals surface area (Å²) in [5.41, 5.74) is 3.89. The van der Waals surface area contributed by atoms with E-state index in [9.17, 15) is 4.79 Å². The lowest BCUT2D eigenvalue weighted by Gasteiger charge is -2.33. The van der Waals surface area contributed by atoms with Crippen LogP contribution in [0.4, 0.5) is 0 Å². The van der Waals surface area contributed by atoms with Crippen LogP contribution in [0.1, 0.15) is 35.8 Å². The van der Waals surface area contributed by atoms with E-state index in [1.165, 1.54) is 0 Å². The third-order valence-electron chi connectivity index (χ3n) is 6.27. The minimum Gasteiger partial charge on any atom is -0.497 e. The molecule has 1 aliphatic heterocycles. The minimum absolute atomic E-state index is 0.101. The molecule has 1 atom stereocenters. The van der Waals surface area contributed by atoms with E-state index in [2.05, 4.69) is 36.3 Å². The van der Waals surface area contributed by atoms with E-state index in [-0.39, 0.29) is 11.8 Å². The van der Waals surface area contributed by atoms with Crippen LogP contribution >= 0.6 is 0 Å². The first kappa shape index (κ1) is 25.7. The Balaban J connectivity index is 1.98. The van der Waals surface area contributed by atoms with Gasteiger partial charge >= 0.3 is 0 Å². The molecule has 0 saturated carbocycles. The average molecular weight is 475 g/mol. The second-order valence-electron chi connectivity index (χ2n) is 8.48. The van der Waals surface area contributed by atoms with Gasteiger partial charge in [0.25, 0.3) is 5.91 Å². The van der Waals surface area contributed by atoms with Crippen molar-refractivity contribution in [1.29, 1.82) is 0 Å². The Bertz CT molecular complexity index is 1220. The van der Waals surface area contributed by atoms with Crippen LogP contribution in [-0.2, 0) is 16.5 Å². The van der Waals surface area contributed by atoms with Gasteiger partial charge in [-0.1, -0.05) is 38.5 Å². The Morgan fingerprint density at radius 1 is 1.23 bits per heavy atom. The van der Waals surface area contributed by atoms with Crippen molar-refractivity contribution in [3.05, 3.63) is 91.4 Å². The molecule has 3 heterocycles. The molecule has 1 fully saturated rings. The van der Waals surface area contributed by atoms with E-state index in [4.69, 9.17) is 9.47 Å². The summed E-state index contributed by atoms with van der Waals surface area (Å²) in [4.78, 5) is 24.9. The molecule has 0 bridgehead atoms. The highest BCUT2D eigenvalue weighted by Crippen LogP contribution is 2.33. The number of hydrogen-bond acceptors (Lipinski definition) is 5. The first-order valence-corrected chi connectivity index (χ1v) is 11.6. The molecule has 1 amide bonds. The summed E-state index contributed by atoms with van der Waals surface area (Å²) in [7, 11) is 3.41. The number of carbonyl (C=O) groups excluding carboxylic acids is 1. The molecule has 2 aromatic rings. The van der Waals surface area contributed by atoms with Crippen LogP contribution in [-0.4, -0.2) is 52.1 Å². The normalized spacial score (nSPS) is 16.9. The number of aromatic nitrogens is 3. The maximum Gasteiger partial charge on any atom is 0.258 e. The van der Waals surface area contributed by atoms with E-state index < -0.39 is 0 Å². The maximum atomic E-state index is 14.0. The minimum atomic E-state index is -0.101. The van der Waals surface area contributed by atoms with Gasteiger partial charge in [0.15, 0.2) is 5.65 Å². The summed E-state index contributed by atoms with van der Waals surface area (Å²) in [6, 6.07) is 0. The molecular formula is C28H34N4O3. The molecule has 0 radical (unpaired) electrons. The Hall–Kier alpha value is -3.87. The summed E-state index contributed by atoms with van der Waals surface area (Å²) in [5.74, 6) is 1.24. The van der Waals surface area contributed by atoms with Crippen molar-refractivity contribution in [2.24, 2.45) is 13.0 Å². The zero-order chi connectivity index (χ0) is 25.5. The largest absolute Gasteiger partial charge is 0.497 e. The first-order chi connectivity index (χ1) is 16.9. The Kier molecular flexibility index (Phi) is 8.47. The summed E-state index contributed by atoms with van der Waals surface area (Å²) in [6.07, 6.45) is 12.0. The first-order valence-electron chi connectivity index (χ1n) is 11.6. The van der Waals surface area contributed by atoms with Gasteiger partial charge in [-0.05, 0) is 37.5 Å². The van der Waals surface area contributed by atoms with Crippen molar-refractivity contribution in [3.63, 3.8) is 0 Å². The van der Waals surface area contributed by atoms with E-state index in [1.54, 1.807) is 43.8 Å². The number of piperidine rings is 1. The van der Waals surface area contributed by atoms with Crippen molar-refractivity contribution in [3.8, 4) is 0 Å². The monoisotopic (exact) mass is 474 g/mol. The number of ether oxygens (including phenoxy) is 2. The summed E-state index contributed by atoms with van der Waals surface area (Å²) < 4.78 is 13.3. The number of amides is 1. The fourth-order valence-electron chi connectivity index (χ4n) is 4.37. The molecule has 35 heavy (non-hydrogen) atoms. The Labute approximate surface area is 207 Å². The Morgan fingerprint density at radius 3 is 2.63 bits per heavy atom. The van der Waals surface area contributed by atoms with Gasteiger partial charge in [-0.25, -0.2) is 4.98 Å². The molecule has 0 spiro atoms. The fourth-order valence-corrected chi connectivity index (χ4v) is 4.37. The number of methoxy groups -OCH3 is 1. The number of allylic oxidation sites excluding steroid dienone is 6. The van der Waals surface area contributed by atoms with Gasteiger partial charge in [0.2, 0.25) is 0 Å². The Morgan fingerprint density at radius 2 is 1.97 bits per heavy atom. The number of carbonyl (C=O) groups is 1. The van der Waals surface area contributed by atoms with E-state index in [1.807, 2.05) is 23.4 Å². The molecule has 7 nitrogen and oxygen atoms in total. The van der Waals surface area contributed by atoms with Gasteiger partial charge in [-0.15, -0.1) is 0 Å². The highest BCUT2D eigenvalue weighted by atomic mass is 16.5. The van der Waals surface area contributed by atoms with Gasteiger partial charge in [-0.3, -0.25) is 9.78 Å². The summed E-state index contributed by atoms with van der Waals surface area (Å²) >= 11 is 0. The lowest BCUT2D eigenvalue weighted by molar-refractivity contribution is 0.0593. The molecule has 0 aliphatic carbocycles. The van der Waals surface area contributed by atoms with E-state index >= 15 is 0 Å². The summed E-state index contributed by atoms with van der Waals surface area (Å²) in [6.45, 7) is 19.1. The van der Waals surface area contributed by atoms with Gasteiger partial charge in [0, 0.05) is 44.0 Å². The molecule has 3 rings (SSSR count). The zero-order valence-electron chi connectivity index (χ0n) is 20.9. The van der Waals surface area contributed by atoms with Crippen molar-refractivity contribution in [2.45, 2.75) is 19.8 Å². The lowest BCUT2D eigenvalue weighted by atomic mass is 9.97. The highest BCUT2D eigenvalue weighted by molar-refractivity contribution is 6.10. The van der Waals surface area contributed by atoms with Gasteiger partial charge in [0.05, 0.1) is 25.0 Å². The molecule has 7 heteroatoms. The smallest absolute Gasteiger partial charge is 0.258 e. The fraction of sp³-hybridized carbons (Fsp3) is 0.321. The third-order valence-corrected chi connectivity index (χ3v) is 6.27. The molecule has 1 unspecified atom stereocenters. The van der Waals surface area contributed by atoms with Crippen LogP contribution < -0.4 is 0 Å². The second-order valence-corrected chi connectivity index (χ2v) is 8.48. The lowest BCUT2D eigenvalue weighted by Crippen LogP contribution is -2.41. The van der Waals surface area contributed by atoms with Crippen LogP contribution in [0.15, 0.2) is 80.1 Å². The van der Waals surface area contributed by atoms with Crippen molar-refractivity contribution in [1.82, 2.24) is 19.4 Å². The molecule has 0 N–H and O–H groups in total. The second kappa shape index (κ2) is 11.5. The van der Waals surface area contributed by atoms with Crippen LogP contribution in [0.25, 0.3) is 16.7 Å². The molecule has 1 saturated heterocycles. The van der Waals surface area contributed by atoms with Crippen molar-refractivity contribution < 1.29 is 14.3 Å². The highest BCUT2D eigenvalue weighted by Gasteiger charge is 2.32. The molecular weight excluding hydrogens is 440 g/mol. The molecule has 1 aliphatic rings. The number of hydrogen-bond donors (Lipinski definition) is 0. The molecule has 184 valence electrons. The van der Waals surface area contributed by atoms with Gasteiger partial charge in [-0.2, -0.15) is 0 Å². The van der Waals surface area contributed by atoms with Gasteiger partial charge in [0.1, 0.15) is 17.0 Å². The third kappa shape index (κ3) is 5.29. The van der Waals surface area contributed by atoms with Crippen LogP contribution in [0.2, 0.25) is 0 Å². The van der Waals surface area contributed by atoms with Crippen molar-refractivity contribution in [2.75, 3.05) is 26.8 Å². The predicted octanol–water partition coefficient (Wildman–Crippen LogP) is 5.21. The number of aryl methyl sites for hydroxylation is 1.